The van der Waals surface area contributed by atoms with E-state index in [1.54, 1.807) is 24.3 Å². The predicted octanol–water partition coefficient (Wildman–Crippen LogP) is 5.12. The van der Waals surface area contributed by atoms with Crippen LogP contribution in [0.3, 0.4) is 0 Å². The van der Waals surface area contributed by atoms with Gasteiger partial charge in [0.25, 0.3) is 0 Å². The van der Waals surface area contributed by atoms with Crippen molar-refractivity contribution in [3.05, 3.63) is 79.2 Å². The first-order valence-electron chi connectivity index (χ1n) is 7.84. The topological polar surface area (TPSA) is 66.2 Å². The second kappa shape index (κ2) is 13.9. The largest absolute Gasteiger partial charge is 1.00 e. The van der Waals surface area contributed by atoms with E-state index in [0.29, 0.717) is 17.3 Å². The summed E-state index contributed by atoms with van der Waals surface area (Å²) in [5.41, 5.74) is 3.82. The van der Waals surface area contributed by atoms with Crippen LogP contribution in [0, 0.1) is 14.4 Å². The molecule has 0 unspecified atom stereocenters. The molecular formula is C21H25N2O2RuY. The van der Waals surface area contributed by atoms with E-state index in [9.17, 15) is 0 Å². The molecule has 0 saturated carbocycles. The number of hydrogen-bond acceptors (Lipinski definition) is 4. The summed E-state index contributed by atoms with van der Waals surface area (Å²) in [6, 6.07) is 18.4. The maximum absolute atomic E-state index is 9.14. The second-order valence-electron chi connectivity index (χ2n) is 5.83. The first-order chi connectivity index (χ1) is 11.5. The average Bonchev–Trinajstić information content (AvgIpc) is 2.56. The van der Waals surface area contributed by atoms with Crippen LogP contribution in [0.1, 0.15) is 30.9 Å². The van der Waals surface area contributed by atoms with Crippen molar-refractivity contribution in [2.75, 3.05) is 0 Å². The molecule has 2 heterocycles. The Bertz CT molecular complexity index is 753. The molecule has 0 amide bonds. The molecule has 0 fully saturated rings. The molecule has 0 aliphatic heterocycles. The van der Waals surface area contributed by atoms with Crippen molar-refractivity contribution in [2.45, 2.75) is 26.7 Å². The minimum Gasteiger partial charge on any atom is -0.493 e. The molecule has 0 saturated heterocycles. The van der Waals surface area contributed by atoms with Crippen molar-refractivity contribution in [1.29, 1.82) is 0 Å². The molecule has 2 N–H and O–H groups in total. The van der Waals surface area contributed by atoms with Crippen LogP contribution in [-0.4, -0.2) is 20.2 Å². The van der Waals surface area contributed by atoms with Gasteiger partial charge in [-0.1, -0.05) is 55.8 Å². The number of pyridine rings is 2. The van der Waals surface area contributed by atoms with Crippen LogP contribution in [0.25, 0.3) is 11.4 Å². The van der Waals surface area contributed by atoms with E-state index in [2.05, 4.69) is 55.0 Å². The molecule has 0 atom stereocenters. The second-order valence-corrected chi connectivity index (χ2v) is 5.83. The summed E-state index contributed by atoms with van der Waals surface area (Å²) in [5.74, 6) is 0.529. The van der Waals surface area contributed by atoms with Crippen molar-refractivity contribution in [3.8, 4) is 23.1 Å². The van der Waals surface area contributed by atoms with Crippen LogP contribution in [0.4, 0.5) is 0 Å². The monoisotopic (exact) mass is 528 g/mol. The molecule has 3 aromatic rings. The molecule has 142 valence electrons. The summed E-state index contributed by atoms with van der Waals surface area (Å²) >= 11 is 0. The molecular weight excluding hydrogens is 502 g/mol. The van der Waals surface area contributed by atoms with Gasteiger partial charge in [-0.25, -0.2) is 9.97 Å². The molecule has 0 spiro atoms. The third-order valence-electron chi connectivity index (χ3n) is 3.48. The van der Waals surface area contributed by atoms with Crippen LogP contribution < -0.4 is 0 Å². The zero-order valence-electron chi connectivity index (χ0n) is 16.1. The van der Waals surface area contributed by atoms with Gasteiger partial charge in [0, 0.05) is 44.8 Å². The number of benzene rings is 1. The zero-order chi connectivity index (χ0) is 17.5. The van der Waals surface area contributed by atoms with Gasteiger partial charge in [-0.2, -0.15) is 0 Å². The molecule has 0 aliphatic carbocycles. The molecule has 0 aliphatic rings. The predicted molar refractivity (Wildman–Crippen MR) is 102 cm³/mol. The Morgan fingerprint density at radius 1 is 0.741 bits per heavy atom. The molecule has 2 radical (unpaired) electrons. The van der Waals surface area contributed by atoms with E-state index in [4.69, 9.17) is 10.2 Å². The fourth-order valence-electron chi connectivity index (χ4n) is 2.08. The first kappa shape index (κ1) is 28.1. The van der Waals surface area contributed by atoms with Gasteiger partial charge in [0.1, 0.15) is 0 Å². The molecule has 27 heavy (non-hydrogen) atoms. The van der Waals surface area contributed by atoms with Gasteiger partial charge in [0.05, 0.1) is 11.4 Å². The van der Waals surface area contributed by atoms with Crippen LogP contribution >= 0.6 is 0 Å². The third kappa shape index (κ3) is 9.55. The molecule has 4 nitrogen and oxygen atoms in total. The Morgan fingerprint density at radius 3 is 1.48 bits per heavy atom. The standard InChI is InChI=1S/C10H8N2O2.C10H14.CH3.Ru.Y/c13-9-5-1-3-7(11-9)8-4-2-6-10(14)12-8;1-8(2)10-6-4-9(3)5-7-10;;;/h1-6H,(H,11,13)(H,12,14);4-8H,1-3H3;1H3;;/q;;-1;+1;. The maximum atomic E-state index is 9.14. The Balaban J connectivity index is 0. The van der Waals surface area contributed by atoms with Crippen molar-refractivity contribution < 1.29 is 62.4 Å². The van der Waals surface area contributed by atoms with Gasteiger partial charge in [-0.05, 0) is 30.5 Å². The number of aromatic nitrogens is 2. The van der Waals surface area contributed by atoms with Gasteiger partial charge >= 0.3 is 19.5 Å². The fourth-order valence-corrected chi connectivity index (χ4v) is 2.08. The Labute approximate surface area is 200 Å². The average molecular weight is 527 g/mol. The number of aromatic hydroxyl groups is 2. The van der Waals surface area contributed by atoms with Gasteiger partial charge in [-0.15, -0.1) is 0 Å². The molecule has 2 aromatic heterocycles. The third-order valence-corrected chi connectivity index (χ3v) is 3.48. The van der Waals surface area contributed by atoms with E-state index in [1.165, 1.54) is 23.3 Å². The maximum Gasteiger partial charge on any atom is 1.00 e. The van der Waals surface area contributed by atoms with Crippen LogP contribution in [0.5, 0.6) is 11.8 Å². The summed E-state index contributed by atoms with van der Waals surface area (Å²) in [5, 5.41) is 18.3. The van der Waals surface area contributed by atoms with E-state index < -0.39 is 0 Å². The Morgan fingerprint density at radius 2 is 1.15 bits per heavy atom. The number of hydrogen-bond donors (Lipinski definition) is 2. The Kier molecular flexibility index (Phi) is 14.5. The molecule has 1 aromatic carbocycles. The molecule has 0 bridgehead atoms. The smallest absolute Gasteiger partial charge is 0.493 e. The molecule has 6 heteroatoms. The quantitative estimate of drug-likeness (QED) is 0.359. The first-order valence-corrected chi connectivity index (χ1v) is 7.84. The SMILES string of the molecule is Cc1ccc(C(C)C)cc1.Oc1cccc(-c2cccc(O)n2)n1.[CH3-].[Ru+].[Y]. The summed E-state index contributed by atoms with van der Waals surface area (Å²) in [6.45, 7) is 6.54. The van der Waals surface area contributed by atoms with Crippen LogP contribution in [-0.2, 0) is 52.2 Å². The van der Waals surface area contributed by atoms with Gasteiger partial charge in [0.2, 0.25) is 11.8 Å². The van der Waals surface area contributed by atoms with E-state index in [1.807, 2.05) is 0 Å². The van der Waals surface area contributed by atoms with Crippen LogP contribution in [0.15, 0.2) is 60.7 Å². The zero-order valence-corrected chi connectivity index (χ0v) is 20.6. The fraction of sp³-hybridized carbons (Fsp3) is 0.190. The van der Waals surface area contributed by atoms with E-state index in [-0.39, 0.29) is 71.4 Å². The van der Waals surface area contributed by atoms with Gasteiger partial charge in [-0.3, -0.25) is 0 Å². The number of rotatable bonds is 2. The van der Waals surface area contributed by atoms with E-state index in [0.717, 1.165) is 0 Å². The summed E-state index contributed by atoms with van der Waals surface area (Å²) < 4.78 is 0. The summed E-state index contributed by atoms with van der Waals surface area (Å²) in [4.78, 5) is 7.73. The summed E-state index contributed by atoms with van der Waals surface area (Å²) in [6.07, 6.45) is 0. The minimum absolute atomic E-state index is 0. The van der Waals surface area contributed by atoms with E-state index >= 15 is 0 Å². The number of nitrogens with zero attached hydrogens (tertiary/aromatic N) is 2. The Hall–Kier alpha value is -1.15. The van der Waals surface area contributed by atoms with Crippen LogP contribution in [0.2, 0.25) is 0 Å². The van der Waals surface area contributed by atoms with Crippen molar-refractivity contribution >= 4 is 0 Å². The van der Waals surface area contributed by atoms with Crippen molar-refractivity contribution in [1.82, 2.24) is 9.97 Å². The normalized spacial score (nSPS) is 9.04. The van der Waals surface area contributed by atoms with Gasteiger partial charge in [0.15, 0.2) is 0 Å². The van der Waals surface area contributed by atoms with Crippen molar-refractivity contribution in [2.24, 2.45) is 0 Å². The molecule has 3 rings (SSSR count). The van der Waals surface area contributed by atoms with Crippen molar-refractivity contribution in [3.63, 3.8) is 0 Å². The van der Waals surface area contributed by atoms with Gasteiger partial charge < -0.3 is 17.6 Å². The minimum atomic E-state index is -0.0624. The summed E-state index contributed by atoms with van der Waals surface area (Å²) in [7, 11) is 0. The number of aryl methyl sites for hydroxylation is 1.